The van der Waals surface area contributed by atoms with E-state index in [1.165, 1.54) is 10.4 Å². The van der Waals surface area contributed by atoms with Gasteiger partial charge in [-0.3, -0.25) is 13.4 Å². The lowest BCUT2D eigenvalue weighted by molar-refractivity contribution is 0.219. The number of likely N-dealkylation sites (tertiary alicyclic amines) is 1. The molecule has 1 saturated heterocycles. The van der Waals surface area contributed by atoms with Gasteiger partial charge in [0.15, 0.2) is 0 Å². The predicted octanol–water partition coefficient (Wildman–Crippen LogP) is 3.79. The monoisotopic (exact) mass is 392 g/mol. The normalized spacial score (nSPS) is 21.3. The van der Waals surface area contributed by atoms with Crippen molar-refractivity contribution in [2.45, 2.75) is 18.9 Å². The van der Waals surface area contributed by atoms with Crippen molar-refractivity contribution in [3.63, 3.8) is 0 Å². The maximum absolute atomic E-state index is 14.4. The quantitative estimate of drug-likeness (QED) is 0.735. The molecule has 4 N–H and O–H groups in total. The van der Waals surface area contributed by atoms with E-state index in [0.29, 0.717) is 24.5 Å². The van der Waals surface area contributed by atoms with Crippen molar-refractivity contribution in [3.05, 3.63) is 54.3 Å². The first-order valence-corrected chi connectivity index (χ1v) is 10.6. The van der Waals surface area contributed by atoms with Crippen LogP contribution in [-0.2, 0) is 0 Å². The van der Waals surface area contributed by atoms with Crippen LogP contribution in [-0.4, -0.2) is 46.2 Å². The Morgan fingerprint density at radius 3 is 2.19 bits per heavy atom. The molecule has 2 aliphatic rings. The van der Waals surface area contributed by atoms with Gasteiger partial charge in [0.1, 0.15) is 11.5 Å². The van der Waals surface area contributed by atoms with Gasteiger partial charge in [0.25, 0.3) is 0 Å². The number of fused-ring (bicyclic) bond motifs is 1. The van der Waals surface area contributed by atoms with Gasteiger partial charge in [-0.15, -0.1) is 0 Å². The summed E-state index contributed by atoms with van der Waals surface area (Å²) in [4.78, 5) is 2.28. The molecular weight excluding hydrogens is 367 g/mol. The number of hydrogen-bond donors (Lipinski definition) is 3. The number of piperidine rings is 1. The van der Waals surface area contributed by atoms with Gasteiger partial charge in [0.2, 0.25) is 0 Å². The fourth-order valence-corrected chi connectivity index (χ4v) is 5.51. The van der Waals surface area contributed by atoms with Crippen molar-refractivity contribution in [3.8, 4) is 0 Å². The number of anilines is 3. The van der Waals surface area contributed by atoms with Gasteiger partial charge < -0.3 is 10.6 Å². The molecule has 0 amide bonds. The van der Waals surface area contributed by atoms with Gasteiger partial charge in [0.05, 0.1) is 17.9 Å². The molecule has 8 heteroatoms. The van der Waals surface area contributed by atoms with Crippen LogP contribution in [0.2, 0.25) is 0 Å². The lowest BCUT2D eigenvalue weighted by Gasteiger charge is -2.44. The van der Waals surface area contributed by atoms with Gasteiger partial charge in [-0.2, -0.15) is 0 Å². The van der Waals surface area contributed by atoms with E-state index < -0.39 is 16.8 Å². The lowest BCUT2D eigenvalue weighted by atomic mass is 10.1. The SMILES string of the molecule is NC1CCN(CCN2c3ccccc3N(c3ccccc3F)S2(O)O)CC1. The second-order valence-corrected chi connectivity index (χ2v) is 8.79. The summed E-state index contributed by atoms with van der Waals surface area (Å²) in [7, 11) is -3.40. The van der Waals surface area contributed by atoms with Gasteiger partial charge in [0, 0.05) is 12.6 Å². The first-order valence-electron chi connectivity index (χ1n) is 9.16. The van der Waals surface area contributed by atoms with Crippen LogP contribution in [0.5, 0.6) is 0 Å². The minimum atomic E-state index is -3.40. The molecule has 0 spiro atoms. The Bertz CT molecular complexity index is 814. The van der Waals surface area contributed by atoms with Crippen molar-refractivity contribution in [2.24, 2.45) is 5.73 Å². The number of nitrogens with two attached hydrogens (primary N) is 1. The highest BCUT2D eigenvalue weighted by Crippen LogP contribution is 2.64. The summed E-state index contributed by atoms with van der Waals surface area (Å²) < 4.78 is 39.5. The van der Waals surface area contributed by atoms with Gasteiger partial charge in [-0.25, -0.2) is 8.70 Å². The van der Waals surface area contributed by atoms with Crippen molar-refractivity contribution >= 4 is 28.0 Å². The Hall–Kier alpha value is -1.84. The van der Waals surface area contributed by atoms with Crippen LogP contribution in [0, 0.1) is 5.82 Å². The molecule has 0 unspecified atom stereocenters. The standard InChI is InChI=1S/C19H25FN4O2S/c20-16-5-1-2-6-17(16)24-19-8-4-3-7-18(19)23(27(24,25)26)14-13-22-11-9-15(21)10-12-22/h1-8,15,25-26H,9-14,21H2. The number of rotatable bonds is 4. The van der Waals surface area contributed by atoms with Gasteiger partial charge in [-0.1, -0.05) is 24.3 Å². The maximum atomic E-state index is 14.4. The Morgan fingerprint density at radius 1 is 0.926 bits per heavy atom. The van der Waals surface area contributed by atoms with E-state index in [1.54, 1.807) is 28.6 Å². The number of para-hydroxylation sites is 3. The van der Waals surface area contributed by atoms with Crippen molar-refractivity contribution < 1.29 is 13.5 Å². The minimum absolute atomic E-state index is 0.163. The maximum Gasteiger partial charge on any atom is 0.148 e. The van der Waals surface area contributed by atoms with Crippen LogP contribution in [0.15, 0.2) is 48.5 Å². The second kappa shape index (κ2) is 7.29. The Balaban J connectivity index is 1.62. The third-order valence-electron chi connectivity index (χ3n) is 5.23. The molecule has 0 atom stereocenters. The number of nitrogens with zero attached hydrogens (tertiary/aromatic N) is 3. The average molecular weight is 393 g/mol. The molecule has 0 bridgehead atoms. The summed E-state index contributed by atoms with van der Waals surface area (Å²) in [6, 6.07) is 13.7. The van der Waals surface area contributed by atoms with Crippen molar-refractivity contribution in [2.75, 3.05) is 34.8 Å². The highest BCUT2D eigenvalue weighted by atomic mass is 32.3. The van der Waals surface area contributed by atoms with Crippen LogP contribution in [0.3, 0.4) is 0 Å². The summed E-state index contributed by atoms with van der Waals surface area (Å²) in [5, 5.41) is 0. The third-order valence-corrected chi connectivity index (χ3v) is 7.09. The third kappa shape index (κ3) is 3.39. The average Bonchev–Trinajstić information content (AvgIpc) is 2.88. The number of halogens is 1. The van der Waals surface area contributed by atoms with E-state index in [1.807, 2.05) is 18.2 Å². The van der Waals surface area contributed by atoms with E-state index in [0.717, 1.165) is 25.9 Å². The molecule has 0 saturated carbocycles. The topological polar surface area (TPSA) is 76.2 Å². The molecule has 1 fully saturated rings. The summed E-state index contributed by atoms with van der Waals surface area (Å²) in [5.74, 6) is -0.487. The van der Waals surface area contributed by atoms with E-state index in [-0.39, 0.29) is 11.7 Å². The molecule has 0 aromatic heterocycles. The smallest absolute Gasteiger partial charge is 0.148 e. The molecule has 4 rings (SSSR count). The molecule has 0 radical (unpaired) electrons. The minimum Gasteiger partial charge on any atom is -0.328 e. The second-order valence-electron chi connectivity index (χ2n) is 7.01. The molecule has 2 aliphatic heterocycles. The Labute approximate surface area is 160 Å². The first kappa shape index (κ1) is 18.5. The molecule has 27 heavy (non-hydrogen) atoms. The Kier molecular flexibility index (Phi) is 5.00. The molecule has 2 heterocycles. The van der Waals surface area contributed by atoms with E-state index in [2.05, 4.69) is 4.90 Å². The molecule has 2 aromatic rings. The fourth-order valence-electron chi connectivity index (χ4n) is 3.74. The van der Waals surface area contributed by atoms with E-state index >= 15 is 0 Å². The highest BCUT2D eigenvalue weighted by molar-refractivity contribution is 8.27. The van der Waals surface area contributed by atoms with Crippen LogP contribution >= 0.6 is 11.0 Å². The fraction of sp³-hybridized carbons (Fsp3) is 0.368. The molecule has 6 nitrogen and oxygen atoms in total. The highest BCUT2D eigenvalue weighted by Gasteiger charge is 2.42. The zero-order chi connectivity index (χ0) is 19.0. The lowest BCUT2D eigenvalue weighted by Crippen LogP contribution is -2.43. The predicted molar refractivity (Wildman–Crippen MR) is 109 cm³/mol. The van der Waals surface area contributed by atoms with Gasteiger partial charge >= 0.3 is 0 Å². The molecule has 2 aromatic carbocycles. The number of hydrogen-bond acceptors (Lipinski definition) is 6. The van der Waals surface area contributed by atoms with Crippen LogP contribution < -0.4 is 14.3 Å². The van der Waals surface area contributed by atoms with Crippen molar-refractivity contribution in [1.29, 1.82) is 0 Å². The van der Waals surface area contributed by atoms with Crippen LogP contribution in [0.25, 0.3) is 0 Å². The van der Waals surface area contributed by atoms with Crippen molar-refractivity contribution in [1.82, 2.24) is 4.90 Å². The first-order chi connectivity index (χ1) is 13.0. The molecular formula is C19H25FN4O2S. The summed E-state index contributed by atoms with van der Waals surface area (Å²) in [6.07, 6.45) is 1.91. The Morgan fingerprint density at radius 2 is 1.52 bits per heavy atom. The summed E-state index contributed by atoms with van der Waals surface area (Å²) >= 11 is 0. The molecule has 0 aliphatic carbocycles. The number of benzene rings is 2. The van der Waals surface area contributed by atoms with E-state index in [9.17, 15) is 13.5 Å². The van der Waals surface area contributed by atoms with Crippen LogP contribution in [0.4, 0.5) is 21.5 Å². The molecule has 146 valence electrons. The zero-order valence-electron chi connectivity index (χ0n) is 15.0. The zero-order valence-corrected chi connectivity index (χ0v) is 15.9. The van der Waals surface area contributed by atoms with Crippen LogP contribution in [0.1, 0.15) is 12.8 Å². The largest absolute Gasteiger partial charge is 0.328 e. The van der Waals surface area contributed by atoms with E-state index in [4.69, 9.17) is 5.73 Å². The van der Waals surface area contributed by atoms with Gasteiger partial charge in [-0.05, 0) is 61.2 Å². The summed E-state index contributed by atoms with van der Waals surface area (Å²) in [5.41, 5.74) is 7.43. The summed E-state index contributed by atoms with van der Waals surface area (Å²) in [6.45, 7) is 2.96.